The number of likely N-dealkylation sites (N-methyl/N-ethyl adjacent to an activating group) is 1. The van der Waals surface area contributed by atoms with Crippen LogP contribution in [0, 0.1) is 5.21 Å². The van der Waals surface area contributed by atoms with Crippen molar-refractivity contribution in [3.63, 3.8) is 0 Å². The van der Waals surface area contributed by atoms with Crippen LogP contribution in [0.5, 0.6) is 0 Å². The summed E-state index contributed by atoms with van der Waals surface area (Å²) in [6.45, 7) is 3.62. The first-order chi connectivity index (χ1) is 4.95. The molecule has 4 heteroatoms. The summed E-state index contributed by atoms with van der Waals surface area (Å²) in [7, 11) is 2.98. The molecule has 0 saturated carbocycles. The molecule has 0 aliphatic rings. The van der Waals surface area contributed by atoms with Crippen LogP contribution in [0.3, 0.4) is 0 Å². The smallest absolute Gasteiger partial charge is 0.330 e. The lowest BCUT2D eigenvalue weighted by atomic mass is 10.6. The molecule has 0 radical (unpaired) electrons. The van der Waals surface area contributed by atoms with Gasteiger partial charge >= 0.3 is 5.97 Å². The van der Waals surface area contributed by atoms with Gasteiger partial charge in [-0.05, 0) is 0 Å². The minimum Gasteiger partial charge on any atom is -0.633 e. The highest BCUT2D eigenvalue weighted by atomic mass is 16.6. The van der Waals surface area contributed by atoms with Crippen LogP contribution in [0.2, 0.25) is 0 Å². The Labute approximate surface area is 66.2 Å². The summed E-state index contributed by atoms with van der Waals surface area (Å²) in [5, 5.41) is 10.9. The van der Waals surface area contributed by atoms with Crippen molar-refractivity contribution in [2.24, 2.45) is 0 Å². The van der Waals surface area contributed by atoms with Crippen molar-refractivity contribution in [1.29, 1.82) is 0 Å². The van der Waals surface area contributed by atoms with E-state index in [0.717, 1.165) is 6.08 Å². The summed E-state index contributed by atoms with van der Waals surface area (Å²) in [4.78, 5) is 10.4. The lowest BCUT2D eigenvalue weighted by Gasteiger charge is -2.33. The Hall–Kier alpha value is -0.870. The minimum atomic E-state index is -0.488. The number of carbonyl (C=O) groups is 1. The van der Waals surface area contributed by atoms with Gasteiger partial charge in [0.15, 0.2) is 0 Å². The summed E-state index contributed by atoms with van der Waals surface area (Å²) >= 11 is 0. The van der Waals surface area contributed by atoms with E-state index in [1.807, 2.05) is 0 Å². The van der Waals surface area contributed by atoms with Gasteiger partial charge in [-0.1, -0.05) is 6.58 Å². The van der Waals surface area contributed by atoms with Crippen LogP contribution in [0.15, 0.2) is 12.7 Å². The molecule has 0 saturated heterocycles. The number of rotatable bonds is 4. The number of hydrogen-bond acceptors (Lipinski definition) is 3. The SMILES string of the molecule is C=CC(=O)OCC[N+](C)(C)[O-]. The molecule has 0 unspecified atom stereocenters. The number of esters is 1. The van der Waals surface area contributed by atoms with Gasteiger partial charge in [-0.15, -0.1) is 0 Å². The average molecular weight is 159 g/mol. The summed E-state index contributed by atoms with van der Waals surface area (Å²) < 4.78 is 4.14. The van der Waals surface area contributed by atoms with Gasteiger partial charge in [-0.25, -0.2) is 4.79 Å². The van der Waals surface area contributed by atoms with Crippen molar-refractivity contribution in [2.75, 3.05) is 27.2 Å². The molecule has 0 aromatic heterocycles. The lowest BCUT2D eigenvalue weighted by Crippen LogP contribution is -2.35. The minimum absolute atomic E-state index is 0.140. The van der Waals surface area contributed by atoms with Crippen LogP contribution in [-0.2, 0) is 9.53 Å². The molecule has 4 nitrogen and oxygen atoms in total. The zero-order valence-electron chi connectivity index (χ0n) is 6.87. The summed E-state index contributed by atoms with van der Waals surface area (Å²) in [6.07, 6.45) is 1.07. The fourth-order valence-corrected chi connectivity index (χ4v) is 0.425. The van der Waals surface area contributed by atoms with Crippen molar-refractivity contribution in [1.82, 2.24) is 0 Å². The molecule has 64 valence electrons. The molecular weight excluding hydrogens is 146 g/mol. The van der Waals surface area contributed by atoms with Crippen LogP contribution < -0.4 is 0 Å². The van der Waals surface area contributed by atoms with Crippen LogP contribution in [0.25, 0.3) is 0 Å². The normalized spacial score (nSPS) is 10.8. The first-order valence-corrected chi connectivity index (χ1v) is 3.29. The van der Waals surface area contributed by atoms with Gasteiger partial charge in [0, 0.05) is 6.08 Å². The van der Waals surface area contributed by atoms with E-state index in [1.54, 1.807) is 0 Å². The third-order valence-electron chi connectivity index (χ3n) is 1.04. The van der Waals surface area contributed by atoms with Crippen LogP contribution in [0.1, 0.15) is 0 Å². The van der Waals surface area contributed by atoms with Crippen LogP contribution in [0.4, 0.5) is 0 Å². The Morgan fingerprint density at radius 2 is 2.27 bits per heavy atom. The van der Waals surface area contributed by atoms with Crippen LogP contribution >= 0.6 is 0 Å². The molecule has 0 spiro atoms. The number of hydrogen-bond donors (Lipinski definition) is 0. The predicted octanol–water partition coefficient (Wildman–Crippen LogP) is 0.290. The molecular formula is C7H13NO3. The van der Waals surface area contributed by atoms with E-state index < -0.39 is 10.6 Å². The largest absolute Gasteiger partial charge is 0.633 e. The maximum atomic E-state index is 10.9. The van der Waals surface area contributed by atoms with Gasteiger partial charge in [-0.3, -0.25) is 0 Å². The topological polar surface area (TPSA) is 49.4 Å². The maximum Gasteiger partial charge on any atom is 0.330 e. The molecule has 0 aliphatic carbocycles. The van der Waals surface area contributed by atoms with E-state index >= 15 is 0 Å². The molecule has 0 bridgehead atoms. The number of quaternary nitrogens is 1. The van der Waals surface area contributed by atoms with Gasteiger partial charge in [0.25, 0.3) is 0 Å². The molecule has 0 fully saturated rings. The number of nitrogens with zero attached hydrogens (tertiary/aromatic N) is 1. The van der Waals surface area contributed by atoms with Crippen molar-refractivity contribution in [3.8, 4) is 0 Å². The Bertz CT molecular complexity index is 148. The molecule has 0 aliphatic heterocycles. The quantitative estimate of drug-likeness (QED) is 0.256. The Morgan fingerprint density at radius 1 is 1.73 bits per heavy atom. The Morgan fingerprint density at radius 3 is 2.64 bits per heavy atom. The van der Waals surface area contributed by atoms with Crippen molar-refractivity contribution < 1.29 is 14.2 Å². The summed E-state index contributed by atoms with van der Waals surface area (Å²) in [5.41, 5.74) is 0. The van der Waals surface area contributed by atoms with Crippen molar-refractivity contribution in [2.45, 2.75) is 0 Å². The fourth-order valence-electron chi connectivity index (χ4n) is 0.425. The Kier molecular flexibility index (Phi) is 3.78. The van der Waals surface area contributed by atoms with Gasteiger partial charge < -0.3 is 14.6 Å². The summed E-state index contributed by atoms with van der Waals surface area (Å²) in [6, 6.07) is 0. The molecule has 0 atom stereocenters. The maximum absolute atomic E-state index is 10.9. The molecule has 0 aromatic rings. The molecule has 0 heterocycles. The molecule has 0 amide bonds. The first kappa shape index (κ1) is 10.1. The van der Waals surface area contributed by atoms with E-state index in [0.29, 0.717) is 0 Å². The van der Waals surface area contributed by atoms with E-state index in [-0.39, 0.29) is 13.2 Å². The standard InChI is InChI=1S/C7H13NO3/c1-4-7(9)11-6-5-8(2,3)10/h4H,1,5-6H2,2-3H3. The highest BCUT2D eigenvalue weighted by Gasteiger charge is 2.02. The molecule has 0 N–H and O–H groups in total. The number of carbonyl (C=O) groups excluding carboxylic acids is 1. The van der Waals surface area contributed by atoms with Crippen molar-refractivity contribution >= 4 is 5.97 Å². The third kappa shape index (κ3) is 7.02. The monoisotopic (exact) mass is 159 g/mol. The van der Waals surface area contributed by atoms with Gasteiger partial charge in [0.05, 0.1) is 14.1 Å². The second-order valence-electron chi connectivity index (χ2n) is 2.67. The summed E-state index contributed by atoms with van der Waals surface area (Å²) in [5.74, 6) is -0.488. The average Bonchev–Trinajstić information content (AvgIpc) is 1.85. The highest BCUT2D eigenvalue weighted by molar-refractivity contribution is 5.81. The van der Waals surface area contributed by atoms with E-state index in [4.69, 9.17) is 0 Å². The first-order valence-electron chi connectivity index (χ1n) is 3.29. The number of hydroxylamine groups is 3. The predicted molar refractivity (Wildman–Crippen MR) is 41.5 cm³/mol. The van der Waals surface area contributed by atoms with E-state index in [9.17, 15) is 10.0 Å². The number of ether oxygens (including phenoxy) is 1. The fraction of sp³-hybridized carbons (Fsp3) is 0.571. The Balaban J connectivity index is 3.42. The molecule has 0 aromatic carbocycles. The highest BCUT2D eigenvalue weighted by Crippen LogP contribution is 1.91. The molecule has 11 heavy (non-hydrogen) atoms. The third-order valence-corrected chi connectivity index (χ3v) is 1.04. The van der Waals surface area contributed by atoms with E-state index in [2.05, 4.69) is 11.3 Å². The van der Waals surface area contributed by atoms with Crippen LogP contribution in [-0.4, -0.2) is 37.9 Å². The van der Waals surface area contributed by atoms with E-state index in [1.165, 1.54) is 14.1 Å². The van der Waals surface area contributed by atoms with Gasteiger partial charge in [0.2, 0.25) is 0 Å². The second kappa shape index (κ2) is 4.10. The van der Waals surface area contributed by atoms with Gasteiger partial charge in [-0.2, -0.15) is 0 Å². The lowest BCUT2D eigenvalue weighted by molar-refractivity contribution is -0.840. The second-order valence-corrected chi connectivity index (χ2v) is 2.67. The zero-order chi connectivity index (χ0) is 8.91. The van der Waals surface area contributed by atoms with Gasteiger partial charge in [0.1, 0.15) is 13.2 Å². The van der Waals surface area contributed by atoms with Crippen molar-refractivity contribution in [3.05, 3.63) is 17.9 Å². The zero-order valence-corrected chi connectivity index (χ0v) is 6.87. The molecule has 0 rings (SSSR count).